The van der Waals surface area contributed by atoms with Crippen molar-refractivity contribution in [2.75, 3.05) is 19.8 Å². The predicted molar refractivity (Wildman–Crippen MR) is 43.0 cm³/mol. The molecule has 1 atom stereocenters. The average Bonchev–Trinajstić information content (AvgIpc) is 2.05. The van der Waals surface area contributed by atoms with Crippen molar-refractivity contribution in [2.24, 2.45) is 0 Å². The molecule has 2 saturated heterocycles. The molecule has 1 spiro atoms. The molecule has 2 aliphatic rings. The van der Waals surface area contributed by atoms with E-state index in [1.807, 2.05) is 0 Å². The van der Waals surface area contributed by atoms with Crippen molar-refractivity contribution in [1.82, 2.24) is 0 Å². The lowest BCUT2D eigenvalue weighted by Gasteiger charge is -2.39. The van der Waals surface area contributed by atoms with Crippen LogP contribution in [0.2, 0.25) is 0 Å². The van der Waals surface area contributed by atoms with Gasteiger partial charge >= 0.3 is 0 Å². The summed E-state index contributed by atoms with van der Waals surface area (Å²) >= 11 is 0. The molecule has 12 heavy (non-hydrogen) atoms. The van der Waals surface area contributed by atoms with Gasteiger partial charge in [-0.3, -0.25) is 4.79 Å². The molecule has 3 nitrogen and oxygen atoms in total. The van der Waals surface area contributed by atoms with E-state index in [-0.39, 0.29) is 5.60 Å². The van der Waals surface area contributed by atoms with Crippen LogP contribution >= 0.6 is 0 Å². The standard InChI is InChI=1S/C9H14O3/c10-8-2-5-12-9(6-8)3-1-4-11-7-9/h1-7H2. The summed E-state index contributed by atoms with van der Waals surface area (Å²) in [4.78, 5) is 11.2. The first kappa shape index (κ1) is 8.20. The molecule has 0 aromatic rings. The molecule has 0 saturated carbocycles. The lowest BCUT2D eigenvalue weighted by molar-refractivity contribution is -0.163. The second-order valence-corrected chi connectivity index (χ2v) is 3.65. The third-order valence-corrected chi connectivity index (χ3v) is 2.59. The zero-order valence-corrected chi connectivity index (χ0v) is 7.17. The van der Waals surface area contributed by atoms with Gasteiger partial charge in [0.1, 0.15) is 5.78 Å². The summed E-state index contributed by atoms with van der Waals surface area (Å²) in [5.41, 5.74) is -0.242. The topological polar surface area (TPSA) is 35.5 Å². The monoisotopic (exact) mass is 170 g/mol. The number of hydrogen-bond donors (Lipinski definition) is 0. The zero-order valence-electron chi connectivity index (χ0n) is 7.17. The minimum Gasteiger partial charge on any atom is -0.378 e. The van der Waals surface area contributed by atoms with E-state index in [0.29, 0.717) is 31.8 Å². The molecule has 3 heteroatoms. The van der Waals surface area contributed by atoms with E-state index in [4.69, 9.17) is 9.47 Å². The molecule has 2 fully saturated rings. The Morgan fingerprint density at radius 1 is 1.33 bits per heavy atom. The fraction of sp³-hybridized carbons (Fsp3) is 0.889. The first-order valence-corrected chi connectivity index (χ1v) is 4.54. The van der Waals surface area contributed by atoms with Gasteiger partial charge in [0.15, 0.2) is 0 Å². The van der Waals surface area contributed by atoms with E-state index in [9.17, 15) is 4.79 Å². The van der Waals surface area contributed by atoms with Gasteiger partial charge in [0.25, 0.3) is 0 Å². The van der Waals surface area contributed by atoms with Gasteiger partial charge in [-0.05, 0) is 12.8 Å². The van der Waals surface area contributed by atoms with Crippen molar-refractivity contribution in [3.05, 3.63) is 0 Å². The quantitative estimate of drug-likeness (QED) is 0.542. The van der Waals surface area contributed by atoms with E-state index in [0.717, 1.165) is 19.4 Å². The van der Waals surface area contributed by atoms with Crippen LogP contribution in [-0.4, -0.2) is 31.2 Å². The van der Waals surface area contributed by atoms with Crippen molar-refractivity contribution in [3.8, 4) is 0 Å². The highest BCUT2D eigenvalue weighted by Gasteiger charge is 2.38. The van der Waals surface area contributed by atoms with Crippen molar-refractivity contribution < 1.29 is 14.3 Å². The van der Waals surface area contributed by atoms with Gasteiger partial charge in [-0.1, -0.05) is 0 Å². The SMILES string of the molecule is O=C1CCOC2(CCCOC2)C1. The highest BCUT2D eigenvalue weighted by atomic mass is 16.5. The van der Waals surface area contributed by atoms with Gasteiger partial charge in [0.2, 0.25) is 0 Å². The Labute approximate surface area is 72.0 Å². The lowest BCUT2D eigenvalue weighted by Crippen LogP contribution is -2.46. The largest absolute Gasteiger partial charge is 0.378 e. The van der Waals surface area contributed by atoms with Gasteiger partial charge < -0.3 is 9.47 Å². The van der Waals surface area contributed by atoms with Gasteiger partial charge in [0.05, 0.1) is 18.8 Å². The van der Waals surface area contributed by atoms with Crippen molar-refractivity contribution in [2.45, 2.75) is 31.3 Å². The summed E-state index contributed by atoms with van der Waals surface area (Å²) in [5.74, 6) is 0.326. The average molecular weight is 170 g/mol. The normalized spacial score (nSPS) is 37.2. The Hall–Kier alpha value is -0.410. The maximum atomic E-state index is 11.2. The minimum absolute atomic E-state index is 0.242. The Morgan fingerprint density at radius 3 is 2.92 bits per heavy atom. The van der Waals surface area contributed by atoms with Crippen LogP contribution in [0.3, 0.4) is 0 Å². The third kappa shape index (κ3) is 1.52. The van der Waals surface area contributed by atoms with Crippen LogP contribution in [0.1, 0.15) is 25.7 Å². The molecule has 0 aromatic carbocycles. The first-order valence-electron chi connectivity index (χ1n) is 4.54. The van der Waals surface area contributed by atoms with E-state index in [2.05, 4.69) is 0 Å². The maximum Gasteiger partial charge on any atom is 0.138 e. The number of rotatable bonds is 0. The second-order valence-electron chi connectivity index (χ2n) is 3.65. The van der Waals surface area contributed by atoms with E-state index in [1.165, 1.54) is 0 Å². The van der Waals surface area contributed by atoms with E-state index in [1.54, 1.807) is 0 Å². The summed E-state index contributed by atoms with van der Waals surface area (Å²) in [7, 11) is 0. The fourth-order valence-electron chi connectivity index (χ4n) is 1.96. The van der Waals surface area contributed by atoms with Gasteiger partial charge in [-0.15, -0.1) is 0 Å². The number of hydrogen-bond acceptors (Lipinski definition) is 3. The Morgan fingerprint density at radius 2 is 2.25 bits per heavy atom. The summed E-state index contributed by atoms with van der Waals surface area (Å²) < 4.78 is 11.0. The third-order valence-electron chi connectivity index (χ3n) is 2.59. The van der Waals surface area contributed by atoms with Crippen LogP contribution in [0.25, 0.3) is 0 Å². The lowest BCUT2D eigenvalue weighted by atomic mass is 9.88. The molecule has 1 unspecified atom stereocenters. The minimum atomic E-state index is -0.242. The first-order chi connectivity index (χ1) is 5.81. The van der Waals surface area contributed by atoms with E-state index >= 15 is 0 Å². The molecule has 2 heterocycles. The molecule has 2 rings (SSSR count). The van der Waals surface area contributed by atoms with Crippen molar-refractivity contribution >= 4 is 5.78 Å². The molecular weight excluding hydrogens is 156 g/mol. The summed E-state index contributed by atoms with van der Waals surface area (Å²) in [6, 6.07) is 0. The zero-order chi connectivity index (χ0) is 8.44. The van der Waals surface area contributed by atoms with Crippen LogP contribution in [0.15, 0.2) is 0 Å². The maximum absolute atomic E-state index is 11.2. The summed E-state index contributed by atoms with van der Waals surface area (Å²) in [6.07, 6.45) is 3.15. The smallest absolute Gasteiger partial charge is 0.138 e. The Kier molecular flexibility index (Phi) is 2.15. The number of carbonyl (C=O) groups excluding carboxylic acids is 1. The highest BCUT2D eigenvalue weighted by molar-refractivity contribution is 5.80. The molecule has 0 N–H and O–H groups in total. The van der Waals surface area contributed by atoms with Gasteiger partial charge in [-0.2, -0.15) is 0 Å². The van der Waals surface area contributed by atoms with E-state index < -0.39 is 0 Å². The summed E-state index contributed by atoms with van der Waals surface area (Å²) in [5, 5.41) is 0. The fourth-order valence-corrected chi connectivity index (χ4v) is 1.96. The molecule has 2 aliphatic heterocycles. The van der Waals surface area contributed by atoms with Crippen LogP contribution < -0.4 is 0 Å². The van der Waals surface area contributed by atoms with Gasteiger partial charge in [-0.25, -0.2) is 0 Å². The number of carbonyl (C=O) groups is 1. The van der Waals surface area contributed by atoms with Crippen LogP contribution in [0, 0.1) is 0 Å². The highest BCUT2D eigenvalue weighted by Crippen LogP contribution is 2.30. The molecule has 0 aliphatic carbocycles. The van der Waals surface area contributed by atoms with Crippen LogP contribution in [0.4, 0.5) is 0 Å². The second kappa shape index (κ2) is 3.15. The number of Topliss-reactive ketones (excluding diaryl/α,β-unsaturated/α-hetero) is 1. The molecule has 0 radical (unpaired) electrons. The molecule has 0 amide bonds. The number of ether oxygens (including phenoxy) is 2. The van der Waals surface area contributed by atoms with Crippen LogP contribution in [0.5, 0.6) is 0 Å². The Bertz CT molecular complexity index is 177. The van der Waals surface area contributed by atoms with Crippen molar-refractivity contribution in [3.63, 3.8) is 0 Å². The number of ketones is 1. The Balaban J connectivity index is 2.02. The van der Waals surface area contributed by atoms with Crippen molar-refractivity contribution in [1.29, 1.82) is 0 Å². The molecule has 0 bridgehead atoms. The molecule has 68 valence electrons. The molecular formula is C9H14O3. The molecule has 0 aromatic heterocycles. The predicted octanol–water partition coefficient (Wildman–Crippen LogP) is 0.915. The van der Waals surface area contributed by atoms with Gasteiger partial charge in [0, 0.05) is 19.4 Å². The summed E-state index contributed by atoms with van der Waals surface area (Å²) in [6.45, 7) is 2.01. The van der Waals surface area contributed by atoms with Crippen LogP contribution in [-0.2, 0) is 14.3 Å².